The minimum absolute atomic E-state index is 0.0792. The molecule has 0 aliphatic carbocycles. The first-order valence-electron chi connectivity index (χ1n) is 11.6. The Morgan fingerprint density at radius 1 is 0.875 bits per heavy atom. The smallest absolute Gasteiger partial charge is 0.338 e. The third-order valence-corrected chi connectivity index (χ3v) is 5.93. The summed E-state index contributed by atoms with van der Waals surface area (Å²) < 4.78 is 6.35. The summed E-state index contributed by atoms with van der Waals surface area (Å²) in [6, 6.07) is 12.9. The molecule has 0 saturated heterocycles. The zero-order valence-electron chi connectivity index (χ0n) is 21.1. The minimum Gasteiger partial charge on any atom is -0.452 e. The van der Waals surface area contributed by atoms with E-state index in [1.165, 1.54) is 67.1 Å². The van der Waals surface area contributed by atoms with E-state index in [4.69, 9.17) is 4.74 Å². The Morgan fingerprint density at radius 3 is 2.02 bits per heavy atom. The quantitative estimate of drug-likeness (QED) is 0.178. The molecule has 1 aromatic heterocycles. The molecule has 3 aromatic carbocycles. The number of aromatic nitrogens is 3. The second-order valence-electron chi connectivity index (χ2n) is 8.54. The standard InChI is InChI=1S/C25H21N7O8/c1-14-17(5-3-7-20(14)31(36)37)26-23(33)12-30-22-10-9-16(11-19(22)28-29-30)25(35)40-13-24(34)27-18-6-4-8-21(15(18)2)32(38)39/h3-11H,12-13H2,1-2H3,(H,26,33)(H,27,34). The van der Waals surface area contributed by atoms with Crippen molar-refractivity contribution in [3.63, 3.8) is 0 Å². The lowest BCUT2D eigenvalue weighted by Crippen LogP contribution is -2.21. The topological polar surface area (TPSA) is 201 Å². The molecule has 0 fully saturated rings. The number of esters is 1. The van der Waals surface area contributed by atoms with Crippen LogP contribution in [0, 0.1) is 34.1 Å². The molecular formula is C25H21N7O8. The molecule has 15 nitrogen and oxygen atoms in total. The Bertz CT molecular complexity index is 1680. The molecule has 0 aliphatic rings. The van der Waals surface area contributed by atoms with Crippen LogP contribution in [0.2, 0.25) is 0 Å². The molecule has 15 heteroatoms. The van der Waals surface area contributed by atoms with Crippen LogP contribution in [0.25, 0.3) is 11.0 Å². The van der Waals surface area contributed by atoms with Crippen molar-refractivity contribution in [2.24, 2.45) is 0 Å². The predicted octanol–water partition coefficient (Wildman–Crippen LogP) is 3.30. The highest BCUT2D eigenvalue weighted by Gasteiger charge is 2.18. The normalized spacial score (nSPS) is 10.7. The molecule has 40 heavy (non-hydrogen) atoms. The van der Waals surface area contributed by atoms with Crippen LogP contribution in [0.1, 0.15) is 21.5 Å². The highest BCUT2D eigenvalue weighted by atomic mass is 16.6. The number of carbonyl (C=O) groups excluding carboxylic acids is 3. The molecule has 2 N–H and O–H groups in total. The van der Waals surface area contributed by atoms with Crippen LogP contribution in [-0.2, 0) is 20.9 Å². The van der Waals surface area contributed by atoms with E-state index in [1.807, 2.05) is 0 Å². The predicted molar refractivity (Wildman–Crippen MR) is 141 cm³/mol. The number of hydrogen-bond acceptors (Lipinski definition) is 10. The molecule has 0 radical (unpaired) electrons. The number of rotatable bonds is 9. The number of ether oxygens (including phenoxy) is 1. The average Bonchev–Trinajstić information content (AvgIpc) is 3.31. The molecule has 1 heterocycles. The first-order valence-corrected chi connectivity index (χ1v) is 11.6. The molecule has 0 saturated carbocycles. The number of nitrogens with zero attached hydrogens (tertiary/aromatic N) is 5. The van der Waals surface area contributed by atoms with Gasteiger partial charge in [-0.25, -0.2) is 9.48 Å². The van der Waals surface area contributed by atoms with Crippen molar-refractivity contribution in [2.45, 2.75) is 20.4 Å². The zero-order valence-corrected chi connectivity index (χ0v) is 21.1. The summed E-state index contributed by atoms with van der Waals surface area (Å²) in [5.41, 5.74) is 1.59. The van der Waals surface area contributed by atoms with Gasteiger partial charge in [-0.3, -0.25) is 29.8 Å². The van der Waals surface area contributed by atoms with Crippen molar-refractivity contribution >= 4 is 51.6 Å². The molecule has 2 amide bonds. The number of fused-ring (bicyclic) bond motifs is 1. The fourth-order valence-electron chi connectivity index (χ4n) is 3.86. The van der Waals surface area contributed by atoms with Gasteiger partial charge in [0.25, 0.3) is 17.3 Å². The number of nitro groups is 2. The summed E-state index contributed by atoms with van der Waals surface area (Å²) in [5.74, 6) is -2.00. The molecule has 204 valence electrons. The Morgan fingerprint density at radius 2 is 1.45 bits per heavy atom. The number of carbonyl (C=O) groups is 3. The van der Waals surface area contributed by atoms with Gasteiger partial charge in [-0.1, -0.05) is 17.3 Å². The minimum atomic E-state index is -0.818. The second kappa shape index (κ2) is 11.3. The van der Waals surface area contributed by atoms with Crippen LogP contribution in [0.5, 0.6) is 0 Å². The van der Waals surface area contributed by atoms with E-state index in [-0.39, 0.29) is 40.3 Å². The van der Waals surface area contributed by atoms with E-state index in [0.717, 1.165) is 0 Å². The maximum Gasteiger partial charge on any atom is 0.338 e. The van der Waals surface area contributed by atoms with E-state index >= 15 is 0 Å². The van der Waals surface area contributed by atoms with Gasteiger partial charge in [-0.15, -0.1) is 5.10 Å². The van der Waals surface area contributed by atoms with Crippen LogP contribution in [0.15, 0.2) is 54.6 Å². The van der Waals surface area contributed by atoms with Crippen LogP contribution < -0.4 is 10.6 Å². The van der Waals surface area contributed by atoms with E-state index in [1.54, 1.807) is 6.07 Å². The van der Waals surface area contributed by atoms with E-state index < -0.39 is 34.2 Å². The first kappa shape index (κ1) is 27.3. The van der Waals surface area contributed by atoms with Crippen LogP contribution in [0.4, 0.5) is 22.7 Å². The van der Waals surface area contributed by atoms with Gasteiger partial charge in [0.2, 0.25) is 5.91 Å². The number of nitrogens with one attached hydrogen (secondary N) is 2. The lowest BCUT2D eigenvalue weighted by molar-refractivity contribution is -0.385. The van der Waals surface area contributed by atoms with Crippen molar-refractivity contribution < 1.29 is 29.0 Å². The fraction of sp³-hybridized carbons (Fsp3) is 0.160. The Kier molecular flexibility index (Phi) is 7.74. The summed E-state index contributed by atoms with van der Waals surface area (Å²) >= 11 is 0. The van der Waals surface area contributed by atoms with Gasteiger partial charge in [0.05, 0.1) is 43.4 Å². The molecule has 4 aromatic rings. The highest BCUT2D eigenvalue weighted by Crippen LogP contribution is 2.26. The summed E-state index contributed by atoms with van der Waals surface area (Å²) in [6.07, 6.45) is 0. The van der Waals surface area contributed by atoms with Crippen molar-refractivity contribution in [2.75, 3.05) is 17.2 Å². The summed E-state index contributed by atoms with van der Waals surface area (Å²) in [6.45, 7) is 2.13. The number of nitro benzene ring substituents is 2. The van der Waals surface area contributed by atoms with Crippen LogP contribution >= 0.6 is 0 Å². The van der Waals surface area contributed by atoms with Crippen LogP contribution in [0.3, 0.4) is 0 Å². The maximum absolute atomic E-state index is 12.6. The van der Waals surface area contributed by atoms with Gasteiger partial charge in [-0.05, 0) is 44.2 Å². The van der Waals surface area contributed by atoms with Gasteiger partial charge in [-0.2, -0.15) is 0 Å². The van der Waals surface area contributed by atoms with Gasteiger partial charge in [0.1, 0.15) is 12.1 Å². The molecule has 0 bridgehead atoms. The lowest BCUT2D eigenvalue weighted by Gasteiger charge is -2.09. The van der Waals surface area contributed by atoms with Crippen molar-refractivity contribution in [3.8, 4) is 0 Å². The van der Waals surface area contributed by atoms with Crippen molar-refractivity contribution in [1.29, 1.82) is 0 Å². The first-order chi connectivity index (χ1) is 19.0. The number of benzene rings is 3. The molecule has 0 aliphatic heterocycles. The molecular weight excluding hydrogens is 526 g/mol. The Labute approximate surface area is 225 Å². The second-order valence-corrected chi connectivity index (χ2v) is 8.54. The van der Waals surface area contributed by atoms with Gasteiger partial charge in [0, 0.05) is 12.1 Å². The SMILES string of the molecule is Cc1c(NC(=O)COC(=O)c2ccc3c(c2)nnn3CC(=O)Nc2cccc([N+](=O)[O-])c2C)cccc1[N+](=O)[O-]. The van der Waals surface area contributed by atoms with Crippen molar-refractivity contribution in [1.82, 2.24) is 15.0 Å². The zero-order chi connectivity index (χ0) is 29.0. The Balaban J connectivity index is 1.38. The van der Waals surface area contributed by atoms with Crippen LogP contribution in [-0.4, -0.2) is 49.2 Å². The van der Waals surface area contributed by atoms with E-state index in [0.29, 0.717) is 16.8 Å². The highest BCUT2D eigenvalue weighted by molar-refractivity contribution is 5.98. The number of hydrogen-bond donors (Lipinski definition) is 2. The molecule has 0 atom stereocenters. The third-order valence-electron chi connectivity index (χ3n) is 5.93. The number of amides is 2. The Hall–Kier alpha value is -5.73. The fourth-order valence-corrected chi connectivity index (χ4v) is 3.86. The molecule has 0 spiro atoms. The number of anilines is 2. The maximum atomic E-state index is 12.6. The molecule has 0 unspecified atom stereocenters. The van der Waals surface area contributed by atoms with Gasteiger partial charge >= 0.3 is 5.97 Å². The van der Waals surface area contributed by atoms with Gasteiger partial charge in [0.15, 0.2) is 6.61 Å². The summed E-state index contributed by atoms with van der Waals surface area (Å²) in [7, 11) is 0. The lowest BCUT2D eigenvalue weighted by atomic mass is 10.1. The summed E-state index contributed by atoms with van der Waals surface area (Å²) in [4.78, 5) is 58.4. The average molecular weight is 547 g/mol. The largest absolute Gasteiger partial charge is 0.452 e. The molecule has 4 rings (SSSR count). The van der Waals surface area contributed by atoms with E-state index in [2.05, 4.69) is 20.9 Å². The van der Waals surface area contributed by atoms with Gasteiger partial charge < -0.3 is 15.4 Å². The third kappa shape index (κ3) is 5.88. The monoisotopic (exact) mass is 547 g/mol. The summed E-state index contributed by atoms with van der Waals surface area (Å²) in [5, 5.41) is 35.2. The van der Waals surface area contributed by atoms with E-state index in [9.17, 15) is 34.6 Å². The van der Waals surface area contributed by atoms with Crippen molar-refractivity contribution in [3.05, 3.63) is 91.5 Å².